The number of rotatable bonds is 13. The van der Waals surface area contributed by atoms with Crippen molar-refractivity contribution in [2.45, 2.75) is 37.4 Å². The van der Waals surface area contributed by atoms with Crippen molar-refractivity contribution in [3.63, 3.8) is 0 Å². The number of hydrogen-bond acceptors (Lipinski definition) is 7. The van der Waals surface area contributed by atoms with E-state index in [-0.39, 0.29) is 6.42 Å². The van der Waals surface area contributed by atoms with Crippen LogP contribution in [0.2, 0.25) is 0 Å². The summed E-state index contributed by atoms with van der Waals surface area (Å²) in [5.74, 6) is -5.76. The number of carboxylic acid groups (broad SMARTS) is 1. The van der Waals surface area contributed by atoms with Crippen molar-refractivity contribution >= 4 is 46.4 Å². The van der Waals surface area contributed by atoms with Gasteiger partial charge in [-0.3, -0.25) is 28.8 Å². The van der Waals surface area contributed by atoms with Gasteiger partial charge < -0.3 is 43.2 Å². The number of nitrogens with two attached hydrogens (primary N) is 3. The summed E-state index contributed by atoms with van der Waals surface area (Å²) < 4.78 is 0. The summed E-state index contributed by atoms with van der Waals surface area (Å²) in [6.45, 7) is -0.692. The quantitative estimate of drug-likeness (QED) is 0.143. The average molecular weight is 489 g/mol. The normalized spacial score (nSPS) is 13.3. The lowest BCUT2D eigenvalue weighted by Gasteiger charge is -2.23. The van der Waals surface area contributed by atoms with Crippen LogP contribution >= 0.6 is 0 Å². The average Bonchev–Trinajstić information content (AvgIpc) is 3.18. The first-order valence-corrected chi connectivity index (χ1v) is 10.4. The summed E-state index contributed by atoms with van der Waals surface area (Å²) in [4.78, 5) is 74.3. The highest BCUT2D eigenvalue weighted by molar-refractivity contribution is 5.97. The summed E-state index contributed by atoms with van der Waals surface area (Å²) in [6.07, 6.45) is 0.467. The van der Waals surface area contributed by atoms with Gasteiger partial charge in [-0.1, -0.05) is 18.2 Å². The fourth-order valence-electron chi connectivity index (χ4n) is 3.29. The molecule has 0 aliphatic carbocycles. The number of nitrogens with one attached hydrogen (secondary N) is 4. The Hall–Kier alpha value is -4.46. The van der Waals surface area contributed by atoms with Crippen LogP contribution in [-0.2, 0) is 35.2 Å². The molecule has 0 fully saturated rings. The second-order valence-corrected chi connectivity index (χ2v) is 7.74. The first-order valence-electron chi connectivity index (χ1n) is 10.4. The number of amides is 5. The van der Waals surface area contributed by atoms with Crippen LogP contribution in [0.5, 0.6) is 0 Å². The van der Waals surface area contributed by atoms with E-state index in [2.05, 4.69) is 20.9 Å². The third kappa shape index (κ3) is 8.12. The van der Waals surface area contributed by atoms with Gasteiger partial charge in [-0.2, -0.15) is 0 Å². The molecule has 14 nitrogen and oxygen atoms in total. The number of carbonyl (C=O) groups is 6. The molecule has 3 unspecified atom stereocenters. The van der Waals surface area contributed by atoms with Crippen molar-refractivity contribution in [1.82, 2.24) is 20.9 Å². The molecule has 3 atom stereocenters. The third-order valence-corrected chi connectivity index (χ3v) is 4.94. The first kappa shape index (κ1) is 26.8. The molecule has 1 aromatic carbocycles. The summed E-state index contributed by atoms with van der Waals surface area (Å²) in [6, 6.07) is 3.03. The van der Waals surface area contributed by atoms with E-state index in [4.69, 9.17) is 22.3 Å². The number of carbonyl (C=O) groups excluding carboxylic acids is 5. The van der Waals surface area contributed by atoms with Crippen molar-refractivity contribution < 1.29 is 33.9 Å². The fraction of sp³-hybridized carbons (Fsp3) is 0.333. The molecule has 0 saturated carbocycles. The predicted molar refractivity (Wildman–Crippen MR) is 122 cm³/mol. The number of H-pyrrole nitrogens is 1. The van der Waals surface area contributed by atoms with E-state index in [1.54, 1.807) is 18.3 Å². The van der Waals surface area contributed by atoms with Crippen molar-refractivity contribution in [2.75, 3.05) is 6.54 Å². The molecule has 14 heteroatoms. The number of benzene rings is 1. The van der Waals surface area contributed by atoms with Gasteiger partial charge in [0.2, 0.25) is 29.5 Å². The highest BCUT2D eigenvalue weighted by Crippen LogP contribution is 2.19. The predicted octanol–water partition coefficient (Wildman–Crippen LogP) is -3.04. The Morgan fingerprint density at radius 3 is 2.14 bits per heavy atom. The molecule has 11 N–H and O–H groups in total. The van der Waals surface area contributed by atoms with Crippen molar-refractivity contribution in [2.24, 2.45) is 17.2 Å². The standard InChI is InChI=1S/C21H27N7O7/c22-12(6-16(23)29)19(33)27-15(7-17(24)30)21(35)28-14(20(34)26-9-18(31)32)5-10-8-25-13-4-2-1-3-11(10)13/h1-4,8,12,14-15,25H,5-7,9,22H2,(H2,23,29)(H2,24,30)(H,26,34)(H,27,33)(H,28,35)(H,31,32). The van der Waals surface area contributed by atoms with Crippen LogP contribution in [0, 0.1) is 0 Å². The van der Waals surface area contributed by atoms with Crippen LogP contribution in [0.25, 0.3) is 10.9 Å². The lowest BCUT2D eigenvalue weighted by atomic mass is 10.0. The van der Waals surface area contributed by atoms with Crippen LogP contribution in [0.3, 0.4) is 0 Å². The maximum Gasteiger partial charge on any atom is 0.322 e. The van der Waals surface area contributed by atoms with E-state index in [0.717, 1.165) is 10.9 Å². The zero-order chi connectivity index (χ0) is 26.1. The minimum absolute atomic E-state index is 0.0420. The Balaban J connectivity index is 2.24. The Kier molecular flexibility index (Phi) is 9.28. The number of fused-ring (bicyclic) bond motifs is 1. The smallest absolute Gasteiger partial charge is 0.322 e. The Morgan fingerprint density at radius 1 is 0.886 bits per heavy atom. The van der Waals surface area contributed by atoms with E-state index in [9.17, 15) is 28.8 Å². The fourth-order valence-corrected chi connectivity index (χ4v) is 3.29. The molecule has 1 heterocycles. The van der Waals surface area contributed by atoms with Crippen molar-refractivity contribution in [3.8, 4) is 0 Å². The minimum Gasteiger partial charge on any atom is -0.480 e. The maximum absolute atomic E-state index is 12.9. The summed E-state index contributed by atoms with van der Waals surface area (Å²) >= 11 is 0. The van der Waals surface area contributed by atoms with Crippen LogP contribution in [0.4, 0.5) is 0 Å². The second-order valence-electron chi connectivity index (χ2n) is 7.74. The summed E-state index contributed by atoms with van der Waals surface area (Å²) in [5, 5.41) is 16.5. The Labute approximate surface area is 198 Å². The molecule has 1 aromatic heterocycles. The van der Waals surface area contributed by atoms with Gasteiger partial charge in [0.1, 0.15) is 18.6 Å². The number of aromatic nitrogens is 1. The SMILES string of the molecule is NC(=O)CC(N)C(=O)NC(CC(N)=O)C(=O)NC(Cc1c[nH]c2ccccc12)C(=O)NCC(=O)O. The van der Waals surface area contributed by atoms with Crippen molar-refractivity contribution in [3.05, 3.63) is 36.0 Å². The molecule has 188 valence electrons. The van der Waals surface area contributed by atoms with E-state index < -0.39 is 73.0 Å². The molecular weight excluding hydrogens is 462 g/mol. The molecule has 0 aliphatic heterocycles. The molecular formula is C21H27N7O7. The molecule has 5 amide bonds. The monoisotopic (exact) mass is 489 g/mol. The number of aromatic amines is 1. The topological polar surface area (TPSA) is 253 Å². The molecule has 0 saturated heterocycles. The number of para-hydroxylation sites is 1. The van der Waals surface area contributed by atoms with E-state index in [1.807, 2.05) is 12.1 Å². The number of hydrogen-bond donors (Lipinski definition) is 8. The number of carboxylic acids is 1. The zero-order valence-corrected chi connectivity index (χ0v) is 18.6. The van der Waals surface area contributed by atoms with Gasteiger partial charge >= 0.3 is 5.97 Å². The minimum atomic E-state index is -1.52. The molecule has 2 aromatic rings. The summed E-state index contributed by atoms with van der Waals surface area (Å²) in [5.41, 5.74) is 17.2. The zero-order valence-electron chi connectivity index (χ0n) is 18.6. The molecule has 35 heavy (non-hydrogen) atoms. The molecule has 0 spiro atoms. The van der Waals surface area contributed by atoms with Crippen LogP contribution in [-0.4, -0.2) is 70.3 Å². The molecule has 0 radical (unpaired) electrons. The highest BCUT2D eigenvalue weighted by atomic mass is 16.4. The Morgan fingerprint density at radius 2 is 1.51 bits per heavy atom. The van der Waals surface area contributed by atoms with Gasteiger partial charge in [0.15, 0.2) is 0 Å². The molecule has 2 rings (SSSR count). The van der Waals surface area contributed by atoms with Gasteiger partial charge in [0.05, 0.1) is 18.9 Å². The lowest BCUT2D eigenvalue weighted by Crippen LogP contribution is -2.57. The van der Waals surface area contributed by atoms with Gasteiger partial charge in [0, 0.05) is 23.5 Å². The maximum atomic E-state index is 12.9. The van der Waals surface area contributed by atoms with Crippen molar-refractivity contribution in [1.29, 1.82) is 0 Å². The van der Waals surface area contributed by atoms with Gasteiger partial charge in [-0.05, 0) is 11.6 Å². The molecule has 0 bridgehead atoms. The van der Waals surface area contributed by atoms with E-state index in [1.165, 1.54) is 0 Å². The van der Waals surface area contributed by atoms with Gasteiger partial charge in [-0.15, -0.1) is 0 Å². The Bertz CT molecular complexity index is 1130. The summed E-state index contributed by atoms with van der Waals surface area (Å²) in [7, 11) is 0. The van der Waals surface area contributed by atoms with E-state index in [0.29, 0.717) is 5.56 Å². The largest absolute Gasteiger partial charge is 0.480 e. The third-order valence-electron chi connectivity index (χ3n) is 4.94. The van der Waals surface area contributed by atoms with Crippen LogP contribution < -0.4 is 33.2 Å². The number of aliphatic carboxylic acids is 1. The van der Waals surface area contributed by atoms with E-state index >= 15 is 0 Å². The van der Waals surface area contributed by atoms with Crippen LogP contribution in [0.15, 0.2) is 30.5 Å². The first-order chi connectivity index (χ1) is 16.5. The highest BCUT2D eigenvalue weighted by Gasteiger charge is 2.30. The lowest BCUT2D eigenvalue weighted by molar-refractivity contribution is -0.138. The number of primary amides is 2. The second kappa shape index (κ2) is 12.1. The molecule has 0 aliphatic rings. The van der Waals surface area contributed by atoms with Crippen LogP contribution in [0.1, 0.15) is 18.4 Å². The van der Waals surface area contributed by atoms with Gasteiger partial charge in [0.25, 0.3) is 0 Å². The van der Waals surface area contributed by atoms with Gasteiger partial charge in [-0.25, -0.2) is 0 Å².